The molecule has 1 aromatic carbocycles. The molecular weight excluding hydrogens is 252 g/mol. The van der Waals surface area contributed by atoms with E-state index in [1.165, 1.54) is 11.3 Å². The molecule has 20 heavy (non-hydrogen) atoms. The lowest BCUT2D eigenvalue weighted by Crippen LogP contribution is -2.27. The monoisotopic (exact) mass is 278 g/mol. The summed E-state index contributed by atoms with van der Waals surface area (Å²) in [7, 11) is 3.51. The lowest BCUT2D eigenvalue weighted by Gasteiger charge is -2.22. The second-order valence-corrected chi connectivity index (χ2v) is 5.62. The highest BCUT2D eigenvalue weighted by Gasteiger charge is 2.33. The molecule has 0 bridgehead atoms. The summed E-state index contributed by atoms with van der Waals surface area (Å²) in [4.78, 5) is 2.36. The van der Waals surface area contributed by atoms with Gasteiger partial charge in [0, 0.05) is 45.6 Å². The zero-order valence-corrected chi connectivity index (χ0v) is 12.9. The van der Waals surface area contributed by atoms with Crippen molar-refractivity contribution in [1.82, 2.24) is 5.32 Å². The molecule has 4 heteroatoms. The Balaban J connectivity index is 2.12. The third kappa shape index (κ3) is 3.51. The highest BCUT2D eigenvalue weighted by Crippen LogP contribution is 2.26. The third-order valence-electron chi connectivity index (χ3n) is 3.85. The van der Waals surface area contributed by atoms with Crippen molar-refractivity contribution in [3.8, 4) is 0 Å². The van der Waals surface area contributed by atoms with E-state index in [1.807, 2.05) is 0 Å². The minimum Gasteiger partial charge on any atom is -0.377 e. The predicted octanol–water partition coefficient (Wildman–Crippen LogP) is 2.03. The largest absolute Gasteiger partial charge is 0.377 e. The molecule has 0 saturated carbocycles. The lowest BCUT2D eigenvalue weighted by atomic mass is 10.1. The van der Waals surface area contributed by atoms with E-state index in [4.69, 9.17) is 9.47 Å². The van der Waals surface area contributed by atoms with Crippen LogP contribution in [0.5, 0.6) is 0 Å². The Morgan fingerprint density at radius 1 is 1.15 bits per heavy atom. The third-order valence-corrected chi connectivity index (χ3v) is 3.85. The Morgan fingerprint density at radius 2 is 1.75 bits per heavy atom. The number of hydrogen-bond acceptors (Lipinski definition) is 4. The van der Waals surface area contributed by atoms with Crippen LogP contribution >= 0.6 is 0 Å². The van der Waals surface area contributed by atoms with Gasteiger partial charge >= 0.3 is 0 Å². The van der Waals surface area contributed by atoms with E-state index in [-0.39, 0.29) is 12.2 Å². The lowest BCUT2D eigenvalue weighted by molar-refractivity contribution is -0.00461. The number of ether oxygens (including phenoxy) is 2. The number of para-hydroxylation sites is 1. The van der Waals surface area contributed by atoms with Gasteiger partial charge in [-0.1, -0.05) is 32.0 Å². The van der Waals surface area contributed by atoms with E-state index >= 15 is 0 Å². The van der Waals surface area contributed by atoms with Crippen LogP contribution in [0.4, 0.5) is 5.69 Å². The van der Waals surface area contributed by atoms with Gasteiger partial charge in [0.25, 0.3) is 0 Å². The van der Waals surface area contributed by atoms with Crippen LogP contribution in [0.1, 0.15) is 19.4 Å². The van der Waals surface area contributed by atoms with Crippen molar-refractivity contribution in [3.63, 3.8) is 0 Å². The topological polar surface area (TPSA) is 33.7 Å². The summed E-state index contributed by atoms with van der Waals surface area (Å²) in [6.07, 6.45) is 0.289. The average Bonchev–Trinajstić information content (AvgIpc) is 2.88. The van der Waals surface area contributed by atoms with Crippen molar-refractivity contribution in [2.75, 3.05) is 32.2 Å². The molecule has 2 atom stereocenters. The molecule has 112 valence electrons. The molecule has 1 saturated heterocycles. The molecule has 2 unspecified atom stereocenters. The number of anilines is 1. The molecule has 0 amide bonds. The average molecular weight is 278 g/mol. The minimum atomic E-state index is 0.145. The summed E-state index contributed by atoms with van der Waals surface area (Å²) >= 11 is 0. The fourth-order valence-electron chi connectivity index (χ4n) is 2.68. The quantitative estimate of drug-likeness (QED) is 0.863. The molecule has 1 heterocycles. The Labute approximate surface area is 122 Å². The molecule has 0 aliphatic carbocycles. The minimum absolute atomic E-state index is 0.145. The molecule has 4 nitrogen and oxygen atoms in total. The van der Waals surface area contributed by atoms with Crippen LogP contribution in [0.15, 0.2) is 24.3 Å². The van der Waals surface area contributed by atoms with E-state index in [9.17, 15) is 0 Å². The van der Waals surface area contributed by atoms with Crippen LogP contribution in [0.2, 0.25) is 0 Å². The van der Waals surface area contributed by atoms with Crippen molar-refractivity contribution >= 4 is 5.69 Å². The number of rotatable bonds is 6. The Bertz CT molecular complexity index is 411. The van der Waals surface area contributed by atoms with Crippen LogP contribution in [0.25, 0.3) is 0 Å². The summed E-state index contributed by atoms with van der Waals surface area (Å²) in [5, 5.41) is 3.49. The highest BCUT2D eigenvalue weighted by molar-refractivity contribution is 5.55. The van der Waals surface area contributed by atoms with Gasteiger partial charge in [0.05, 0.1) is 0 Å². The van der Waals surface area contributed by atoms with Crippen LogP contribution in [0.3, 0.4) is 0 Å². The van der Waals surface area contributed by atoms with Gasteiger partial charge in [-0.2, -0.15) is 0 Å². The maximum Gasteiger partial charge on any atom is 0.102 e. The number of hydrogen-bond donors (Lipinski definition) is 1. The molecule has 1 aliphatic rings. The van der Waals surface area contributed by atoms with Crippen molar-refractivity contribution < 1.29 is 9.47 Å². The van der Waals surface area contributed by atoms with E-state index in [0.29, 0.717) is 6.04 Å². The standard InChI is InChI=1S/C16H26N2O2/c1-12(2)17-9-13-7-5-6-8-14(13)18-10-15(19-3)16(11-18)20-4/h5-8,12,15-17H,9-11H2,1-4H3. The van der Waals surface area contributed by atoms with Gasteiger partial charge in [0.1, 0.15) is 12.2 Å². The van der Waals surface area contributed by atoms with Gasteiger partial charge in [-0.15, -0.1) is 0 Å². The Kier molecular flexibility index (Phi) is 5.40. The number of nitrogens with zero attached hydrogens (tertiary/aromatic N) is 1. The van der Waals surface area contributed by atoms with Gasteiger partial charge in [-0.3, -0.25) is 0 Å². The molecule has 1 N–H and O–H groups in total. The zero-order chi connectivity index (χ0) is 14.5. The molecule has 1 aromatic rings. The van der Waals surface area contributed by atoms with Crippen molar-refractivity contribution in [2.45, 2.75) is 38.6 Å². The molecule has 1 fully saturated rings. The highest BCUT2D eigenvalue weighted by atomic mass is 16.5. The Morgan fingerprint density at radius 3 is 2.30 bits per heavy atom. The number of benzene rings is 1. The van der Waals surface area contributed by atoms with E-state index in [1.54, 1.807) is 14.2 Å². The van der Waals surface area contributed by atoms with E-state index in [2.05, 4.69) is 48.3 Å². The summed E-state index contributed by atoms with van der Waals surface area (Å²) in [6, 6.07) is 9.05. The van der Waals surface area contributed by atoms with Crippen LogP contribution in [-0.4, -0.2) is 45.6 Å². The smallest absolute Gasteiger partial charge is 0.102 e. The molecule has 0 aromatic heterocycles. The van der Waals surface area contributed by atoms with Gasteiger partial charge < -0.3 is 19.7 Å². The van der Waals surface area contributed by atoms with E-state index < -0.39 is 0 Å². The fraction of sp³-hybridized carbons (Fsp3) is 0.625. The maximum absolute atomic E-state index is 5.52. The first-order valence-electron chi connectivity index (χ1n) is 7.27. The number of methoxy groups -OCH3 is 2. The second-order valence-electron chi connectivity index (χ2n) is 5.62. The molecule has 0 spiro atoms. The summed E-state index contributed by atoms with van der Waals surface area (Å²) in [5.41, 5.74) is 2.61. The van der Waals surface area contributed by atoms with Gasteiger partial charge in [-0.25, -0.2) is 0 Å². The first kappa shape index (κ1) is 15.3. The number of nitrogens with one attached hydrogen (secondary N) is 1. The second kappa shape index (κ2) is 7.07. The first-order valence-corrected chi connectivity index (χ1v) is 7.27. The first-order chi connectivity index (χ1) is 9.65. The van der Waals surface area contributed by atoms with Crippen molar-refractivity contribution in [3.05, 3.63) is 29.8 Å². The maximum atomic E-state index is 5.52. The van der Waals surface area contributed by atoms with Crippen molar-refractivity contribution in [1.29, 1.82) is 0 Å². The van der Waals surface area contributed by atoms with Crippen LogP contribution in [-0.2, 0) is 16.0 Å². The predicted molar refractivity (Wildman–Crippen MR) is 82.2 cm³/mol. The van der Waals surface area contributed by atoms with Gasteiger partial charge in [0.2, 0.25) is 0 Å². The molecular formula is C16H26N2O2. The van der Waals surface area contributed by atoms with Crippen LogP contribution < -0.4 is 10.2 Å². The fourth-order valence-corrected chi connectivity index (χ4v) is 2.68. The molecule has 1 aliphatic heterocycles. The summed E-state index contributed by atoms with van der Waals surface area (Å²) in [5.74, 6) is 0. The zero-order valence-electron chi connectivity index (χ0n) is 12.9. The summed E-state index contributed by atoms with van der Waals surface area (Å²) in [6.45, 7) is 6.99. The molecule has 0 radical (unpaired) electrons. The van der Waals surface area contributed by atoms with Gasteiger partial charge in [-0.05, 0) is 11.6 Å². The van der Waals surface area contributed by atoms with E-state index in [0.717, 1.165) is 19.6 Å². The SMILES string of the molecule is COC1CN(c2ccccc2CNC(C)C)CC1OC. The van der Waals surface area contributed by atoms with Gasteiger partial charge in [0.15, 0.2) is 0 Å². The van der Waals surface area contributed by atoms with Crippen molar-refractivity contribution in [2.24, 2.45) is 0 Å². The Hall–Kier alpha value is -1.10. The summed E-state index contributed by atoms with van der Waals surface area (Å²) < 4.78 is 11.0. The normalized spacial score (nSPS) is 22.8. The molecule has 2 rings (SSSR count). The van der Waals surface area contributed by atoms with Crippen LogP contribution in [0, 0.1) is 0 Å².